The van der Waals surface area contributed by atoms with Gasteiger partial charge in [-0.2, -0.15) is 0 Å². The summed E-state index contributed by atoms with van der Waals surface area (Å²) in [5.41, 5.74) is 2.55. The maximum absolute atomic E-state index is 11.7. The molecule has 1 aliphatic heterocycles. The van der Waals surface area contributed by atoms with Crippen LogP contribution < -0.4 is 0 Å². The van der Waals surface area contributed by atoms with Gasteiger partial charge in [-0.05, 0) is 23.6 Å². The van der Waals surface area contributed by atoms with Crippen LogP contribution in [-0.2, 0) is 17.8 Å². The normalized spacial score (nSPS) is 18.0. The molecule has 0 radical (unpaired) electrons. The molecule has 21 heavy (non-hydrogen) atoms. The molecule has 0 amide bonds. The maximum atomic E-state index is 11.7. The van der Waals surface area contributed by atoms with E-state index in [1.807, 2.05) is 18.3 Å². The Kier molecular flexibility index (Phi) is 4.15. The molecule has 0 saturated carbocycles. The van der Waals surface area contributed by atoms with Crippen LogP contribution in [0, 0.1) is 0 Å². The van der Waals surface area contributed by atoms with Crippen LogP contribution in [0.3, 0.4) is 0 Å². The zero-order valence-electron chi connectivity index (χ0n) is 12.0. The predicted molar refractivity (Wildman–Crippen MR) is 84.7 cm³/mol. The number of nitrogens with zero attached hydrogens (tertiary/aromatic N) is 1. The summed E-state index contributed by atoms with van der Waals surface area (Å²) in [6.07, 6.45) is 5.15. The van der Waals surface area contributed by atoms with Gasteiger partial charge >= 0.3 is 0 Å². The van der Waals surface area contributed by atoms with E-state index in [4.69, 9.17) is 0 Å². The summed E-state index contributed by atoms with van der Waals surface area (Å²) in [7, 11) is 0. The summed E-state index contributed by atoms with van der Waals surface area (Å²) in [5, 5.41) is 0. The number of ketones is 1. The van der Waals surface area contributed by atoms with Crippen molar-refractivity contribution in [2.75, 3.05) is 0 Å². The summed E-state index contributed by atoms with van der Waals surface area (Å²) >= 11 is 0. The molecule has 3 rings (SSSR count). The third-order valence-corrected chi connectivity index (χ3v) is 3.88. The van der Waals surface area contributed by atoms with Gasteiger partial charge in [0, 0.05) is 25.2 Å². The van der Waals surface area contributed by atoms with Crippen molar-refractivity contribution >= 4 is 5.78 Å². The second kappa shape index (κ2) is 6.40. The van der Waals surface area contributed by atoms with Crippen molar-refractivity contribution in [3.63, 3.8) is 0 Å². The molecule has 0 saturated heterocycles. The van der Waals surface area contributed by atoms with E-state index in [-0.39, 0.29) is 11.8 Å². The standard InChI is InChI=1S/C19H19NO/c21-19-11-12-20(15-17-9-5-2-6-10-17)18(14-19)13-16-7-3-1-4-8-16/h1-12,18H,13-15H2. The van der Waals surface area contributed by atoms with Gasteiger partial charge < -0.3 is 4.90 Å². The number of carbonyl (C=O) groups is 1. The fraction of sp³-hybridized carbons (Fsp3) is 0.211. The van der Waals surface area contributed by atoms with Crippen LogP contribution in [0.25, 0.3) is 0 Å². The van der Waals surface area contributed by atoms with Crippen LogP contribution in [-0.4, -0.2) is 16.7 Å². The minimum atomic E-state index is 0.222. The van der Waals surface area contributed by atoms with Crippen molar-refractivity contribution < 1.29 is 4.79 Å². The van der Waals surface area contributed by atoms with E-state index in [0.717, 1.165) is 13.0 Å². The van der Waals surface area contributed by atoms with Crippen LogP contribution in [0.15, 0.2) is 72.9 Å². The van der Waals surface area contributed by atoms with Gasteiger partial charge in [0.05, 0.1) is 0 Å². The Morgan fingerprint density at radius 1 is 0.905 bits per heavy atom. The molecule has 1 atom stereocenters. The third kappa shape index (κ3) is 3.60. The molecule has 2 nitrogen and oxygen atoms in total. The highest BCUT2D eigenvalue weighted by Gasteiger charge is 2.22. The van der Waals surface area contributed by atoms with Gasteiger partial charge in [0.15, 0.2) is 5.78 Å². The number of benzene rings is 2. The van der Waals surface area contributed by atoms with E-state index in [9.17, 15) is 4.79 Å². The quantitative estimate of drug-likeness (QED) is 0.851. The molecular weight excluding hydrogens is 258 g/mol. The van der Waals surface area contributed by atoms with E-state index < -0.39 is 0 Å². The monoisotopic (exact) mass is 277 g/mol. The van der Waals surface area contributed by atoms with Crippen molar-refractivity contribution in [3.8, 4) is 0 Å². The molecule has 2 aromatic rings. The summed E-state index contributed by atoms with van der Waals surface area (Å²) in [4.78, 5) is 14.0. The summed E-state index contributed by atoms with van der Waals surface area (Å²) in [6.45, 7) is 0.849. The van der Waals surface area contributed by atoms with Crippen molar-refractivity contribution in [3.05, 3.63) is 84.1 Å². The van der Waals surface area contributed by atoms with Crippen molar-refractivity contribution in [1.82, 2.24) is 4.90 Å². The van der Waals surface area contributed by atoms with Crippen LogP contribution >= 0.6 is 0 Å². The van der Waals surface area contributed by atoms with Gasteiger partial charge in [-0.3, -0.25) is 4.79 Å². The van der Waals surface area contributed by atoms with Crippen molar-refractivity contribution in [1.29, 1.82) is 0 Å². The van der Waals surface area contributed by atoms with E-state index in [1.165, 1.54) is 11.1 Å². The van der Waals surface area contributed by atoms with Gasteiger partial charge in [-0.15, -0.1) is 0 Å². The molecule has 2 heteroatoms. The topological polar surface area (TPSA) is 20.3 Å². The molecule has 0 aliphatic carbocycles. The first kappa shape index (κ1) is 13.6. The maximum Gasteiger partial charge on any atom is 0.159 e. The predicted octanol–water partition coefficient (Wildman–Crippen LogP) is 3.59. The number of allylic oxidation sites excluding steroid dienone is 1. The molecule has 0 aromatic heterocycles. The third-order valence-electron chi connectivity index (χ3n) is 3.88. The first-order chi connectivity index (χ1) is 10.3. The van der Waals surface area contributed by atoms with E-state index in [2.05, 4.69) is 53.4 Å². The van der Waals surface area contributed by atoms with Crippen LogP contribution in [0.2, 0.25) is 0 Å². The average molecular weight is 277 g/mol. The molecular formula is C19H19NO. The second-order valence-corrected chi connectivity index (χ2v) is 5.49. The molecule has 1 heterocycles. The minimum absolute atomic E-state index is 0.222. The Bertz CT molecular complexity index is 619. The average Bonchev–Trinajstić information content (AvgIpc) is 2.52. The SMILES string of the molecule is O=C1C=CN(Cc2ccccc2)C(Cc2ccccc2)C1. The summed E-state index contributed by atoms with van der Waals surface area (Å²) < 4.78 is 0. The minimum Gasteiger partial charge on any atom is -0.369 e. The Morgan fingerprint density at radius 3 is 2.19 bits per heavy atom. The fourth-order valence-corrected chi connectivity index (χ4v) is 2.77. The number of rotatable bonds is 4. The fourth-order valence-electron chi connectivity index (χ4n) is 2.77. The molecule has 0 N–H and O–H groups in total. The van der Waals surface area contributed by atoms with Crippen molar-refractivity contribution in [2.45, 2.75) is 25.4 Å². The highest BCUT2D eigenvalue weighted by atomic mass is 16.1. The zero-order valence-corrected chi connectivity index (χ0v) is 12.0. The molecule has 2 aromatic carbocycles. The van der Waals surface area contributed by atoms with E-state index in [1.54, 1.807) is 6.08 Å². The highest BCUT2D eigenvalue weighted by Crippen LogP contribution is 2.20. The zero-order chi connectivity index (χ0) is 14.5. The van der Waals surface area contributed by atoms with Gasteiger partial charge in [0.2, 0.25) is 0 Å². The lowest BCUT2D eigenvalue weighted by Gasteiger charge is -2.33. The molecule has 1 unspecified atom stereocenters. The molecule has 0 bridgehead atoms. The lowest BCUT2D eigenvalue weighted by molar-refractivity contribution is -0.116. The summed E-state index contributed by atoms with van der Waals surface area (Å²) in [6, 6.07) is 21.0. The number of hydrogen-bond donors (Lipinski definition) is 0. The Morgan fingerprint density at radius 2 is 1.52 bits per heavy atom. The largest absolute Gasteiger partial charge is 0.369 e. The number of hydrogen-bond acceptors (Lipinski definition) is 2. The van der Waals surface area contributed by atoms with Gasteiger partial charge in [-0.1, -0.05) is 60.7 Å². The van der Waals surface area contributed by atoms with Gasteiger partial charge in [0.1, 0.15) is 0 Å². The highest BCUT2D eigenvalue weighted by molar-refractivity contribution is 5.90. The van der Waals surface area contributed by atoms with E-state index in [0.29, 0.717) is 6.42 Å². The number of carbonyl (C=O) groups excluding carboxylic acids is 1. The van der Waals surface area contributed by atoms with Crippen LogP contribution in [0.1, 0.15) is 17.5 Å². The van der Waals surface area contributed by atoms with Crippen LogP contribution in [0.4, 0.5) is 0 Å². The lowest BCUT2D eigenvalue weighted by Crippen LogP contribution is -2.37. The molecule has 1 aliphatic rings. The smallest absolute Gasteiger partial charge is 0.159 e. The Hall–Kier alpha value is -2.35. The van der Waals surface area contributed by atoms with Gasteiger partial charge in [-0.25, -0.2) is 0 Å². The van der Waals surface area contributed by atoms with Crippen LogP contribution in [0.5, 0.6) is 0 Å². The first-order valence-electron chi connectivity index (χ1n) is 7.36. The lowest BCUT2D eigenvalue weighted by atomic mass is 9.97. The Balaban J connectivity index is 1.76. The molecule has 0 fully saturated rings. The van der Waals surface area contributed by atoms with E-state index >= 15 is 0 Å². The molecule has 0 spiro atoms. The first-order valence-corrected chi connectivity index (χ1v) is 7.36. The van der Waals surface area contributed by atoms with Gasteiger partial charge in [0.25, 0.3) is 0 Å². The summed E-state index contributed by atoms with van der Waals surface area (Å²) in [5.74, 6) is 0.222. The van der Waals surface area contributed by atoms with Crippen molar-refractivity contribution in [2.24, 2.45) is 0 Å². The Labute approximate surface area is 125 Å². The molecule has 106 valence electrons. The second-order valence-electron chi connectivity index (χ2n) is 5.49.